The van der Waals surface area contributed by atoms with Crippen molar-refractivity contribution in [2.24, 2.45) is 0 Å². The number of nitrogens with one attached hydrogen (secondary N) is 1. The molecule has 0 aliphatic rings. The van der Waals surface area contributed by atoms with Gasteiger partial charge >= 0.3 is 0 Å². The van der Waals surface area contributed by atoms with Gasteiger partial charge in [-0.1, -0.05) is 49.4 Å². The average Bonchev–Trinajstić information content (AvgIpc) is 3.11. The van der Waals surface area contributed by atoms with Gasteiger partial charge in [0, 0.05) is 10.9 Å². The van der Waals surface area contributed by atoms with Crippen LogP contribution >= 0.6 is 11.3 Å². The van der Waals surface area contributed by atoms with Crippen LogP contribution in [0.15, 0.2) is 60.0 Å². The molecule has 2 aromatic carbocycles. The van der Waals surface area contributed by atoms with Gasteiger partial charge in [-0.2, -0.15) is 0 Å². The zero-order valence-electron chi connectivity index (χ0n) is 14.2. The maximum absolute atomic E-state index is 12.6. The third-order valence-electron chi connectivity index (χ3n) is 4.04. The van der Waals surface area contributed by atoms with Crippen molar-refractivity contribution in [2.75, 3.05) is 12.4 Å². The van der Waals surface area contributed by atoms with Crippen LogP contribution in [0.5, 0.6) is 5.75 Å². The smallest absolute Gasteiger partial charge is 0.233 e. The molecule has 0 saturated heterocycles. The van der Waals surface area contributed by atoms with Crippen molar-refractivity contribution >= 4 is 22.4 Å². The predicted molar refractivity (Wildman–Crippen MR) is 102 cm³/mol. The Morgan fingerprint density at radius 3 is 2.60 bits per heavy atom. The first kappa shape index (κ1) is 17.2. The first-order valence-corrected chi connectivity index (χ1v) is 9.05. The van der Waals surface area contributed by atoms with E-state index in [0.717, 1.165) is 29.0 Å². The quantitative estimate of drug-likeness (QED) is 0.683. The number of rotatable bonds is 6. The number of para-hydroxylation sites is 1. The third kappa shape index (κ3) is 3.88. The van der Waals surface area contributed by atoms with Crippen molar-refractivity contribution in [1.82, 2.24) is 4.98 Å². The summed E-state index contributed by atoms with van der Waals surface area (Å²) in [5.41, 5.74) is 2.73. The fourth-order valence-corrected chi connectivity index (χ4v) is 3.47. The van der Waals surface area contributed by atoms with E-state index in [0.29, 0.717) is 5.13 Å². The molecule has 128 valence electrons. The summed E-state index contributed by atoms with van der Waals surface area (Å²) in [6.45, 7) is 2.01. The van der Waals surface area contributed by atoms with E-state index in [1.807, 2.05) is 66.9 Å². The van der Waals surface area contributed by atoms with E-state index >= 15 is 0 Å². The van der Waals surface area contributed by atoms with Crippen molar-refractivity contribution < 1.29 is 9.53 Å². The van der Waals surface area contributed by atoms with Gasteiger partial charge in [0.25, 0.3) is 0 Å². The number of ether oxygens (including phenoxy) is 1. The number of benzene rings is 2. The van der Waals surface area contributed by atoms with E-state index in [1.54, 1.807) is 7.11 Å². The van der Waals surface area contributed by atoms with Crippen molar-refractivity contribution in [2.45, 2.75) is 19.3 Å². The Morgan fingerprint density at radius 2 is 1.88 bits per heavy atom. The summed E-state index contributed by atoms with van der Waals surface area (Å²) in [5.74, 6) is 0.552. The molecule has 1 aromatic heterocycles. The molecule has 0 saturated carbocycles. The van der Waals surface area contributed by atoms with Gasteiger partial charge in [0.15, 0.2) is 5.13 Å². The van der Waals surface area contributed by atoms with Crippen molar-refractivity contribution in [3.8, 4) is 17.0 Å². The highest BCUT2D eigenvalue weighted by atomic mass is 32.1. The molecule has 0 radical (unpaired) electrons. The maximum atomic E-state index is 12.6. The van der Waals surface area contributed by atoms with Gasteiger partial charge in [-0.3, -0.25) is 4.79 Å². The number of carbonyl (C=O) groups is 1. The molecule has 1 N–H and O–H groups in total. The molecule has 3 aromatic rings. The zero-order valence-corrected chi connectivity index (χ0v) is 15.0. The van der Waals surface area contributed by atoms with Crippen molar-refractivity contribution in [3.63, 3.8) is 0 Å². The Kier molecular flexibility index (Phi) is 5.46. The van der Waals surface area contributed by atoms with Crippen LogP contribution in [0.3, 0.4) is 0 Å². The Hall–Kier alpha value is -2.66. The minimum atomic E-state index is -0.181. The lowest BCUT2D eigenvalue weighted by atomic mass is 9.96. The number of carbonyl (C=O) groups excluding carboxylic acids is 1. The zero-order chi connectivity index (χ0) is 17.6. The van der Waals surface area contributed by atoms with Gasteiger partial charge in [0.1, 0.15) is 5.75 Å². The highest BCUT2D eigenvalue weighted by Crippen LogP contribution is 2.32. The van der Waals surface area contributed by atoms with Crippen LogP contribution in [-0.4, -0.2) is 18.0 Å². The molecule has 25 heavy (non-hydrogen) atoms. The summed E-state index contributed by atoms with van der Waals surface area (Å²) in [6.07, 6.45) is 0.737. The van der Waals surface area contributed by atoms with Crippen LogP contribution in [0, 0.1) is 0 Å². The van der Waals surface area contributed by atoms with Crippen LogP contribution in [-0.2, 0) is 4.79 Å². The number of anilines is 1. The first-order valence-electron chi connectivity index (χ1n) is 8.17. The van der Waals surface area contributed by atoms with E-state index in [1.165, 1.54) is 11.3 Å². The second-order valence-electron chi connectivity index (χ2n) is 5.60. The Bertz CT molecular complexity index is 846. The summed E-state index contributed by atoms with van der Waals surface area (Å²) in [5, 5.41) is 5.47. The second-order valence-corrected chi connectivity index (χ2v) is 6.46. The summed E-state index contributed by atoms with van der Waals surface area (Å²) >= 11 is 1.42. The molecule has 1 amide bonds. The predicted octanol–water partition coefficient (Wildman–Crippen LogP) is 4.95. The number of hydrogen-bond donors (Lipinski definition) is 1. The number of hydrogen-bond acceptors (Lipinski definition) is 4. The SMILES string of the molecule is CCC(C(=O)Nc1nc(-c2ccccc2OC)cs1)c1ccccc1. The molecule has 5 heteroatoms. The number of amides is 1. The summed E-state index contributed by atoms with van der Waals surface area (Å²) in [6, 6.07) is 17.5. The minimum Gasteiger partial charge on any atom is -0.496 e. The molecule has 0 aliphatic heterocycles. The molecule has 0 spiro atoms. The molecule has 0 aliphatic carbocycles. The van der Waals surface area contributed by atoms with Crippen molar-refractivity contribution in [1.29, 1.82) is 0 Å². The lowest BCUT2D eigenvalue weighted by Crippen LogP contribution is -2.20. The van der Waals surface area contributed by atoms with Crippen LogP contribution in [0.4, 0.5) is 5.13 Å². The topological polar surface area (TPSA) is 51.2 Å². The van der Waals surface area contributed by atoms with Crippen molar-refractivity contribution in [3.05, 3.63) is 65.5 Å². The van der Waals surface area contributed by atoms with Gasteiger partial charge < -0.3 is 10.1 Å². The summed E-state index contributed by atoms with van der Waals surface area (Å²) < 4.78 is 5.38. The summed E-state index contributed by atoms with van der Waals surface area (Å²) in [4.78, 5) is 17.2. The van der Waals surface area contributed by atoms with Crippen LogP contribution < -0.4 is 10.1 Å². The largest absolute Gasteiger partial charge is 0.496 e. The van der Waals surface area contributed by atoms with E-state index in [2.05, 4.69) is 10.3 Å². The van der Waals surface area contributed by atoms with Gasteiger partial charge in [0.2, 0.25) is 5.91 Å². The Morgan fingerprint density at radius 1 is 1.16 bits per heavy atom. The maximum Gasteiger partial charge on any atom is 0.233 e. The molecule has 1 heterocycles. The number of thiazole rings is 1. The molecule has 3 rings (SSSR count). The lowest BCUT2D eigenvalue weighted by Gasteiger charge is -2.14. The molecule has 1 atom stereocenters. The normalized spacial score (nSPS) is 11.8. The second kappa shape index (κ2) is 7.94. The fourth-order valence-electron chi connectivity index (χ4n) is 2.76. The fraction of sp³-hybridized carbons (Fsp3) is 0.200. The van der Waals surface area contributed by atoms with E-state index in [-0.39, 0.29) is 11.8 Å². The molecule has 0 fully saturated rings. The molecule has 0 bridgehead atoms. The monoisotopic (exact) mass is 352 g/mol. The molecule has 4 nitrogen and oxygen atoms in total. The standard InChI is InChI=1S/C20H20N2O2S/c1-3-15(14-9-5-4-6-10-14)19(23)22-20-21-17(13-25-20)16-11-7-8-12-18(16)24-2/h4-13,15H,3H2,1-2H3,(H,21,22,23). The molecule has 1 unspecified atom stereocenters. The van der Waals surface area contributed by atoms with Gasteiger partial charge in [-0.05, 0) is 24.1 Å². The number of nitrogens with zero attached hydrogens (tertiary/aromatic N) is 1. The van der Waals surface area contributed by atoms with Crippen LogP contribution in [0.25, 0.3) is 11.3 Å². The van der Waals surface area contributed by atoms with Crippen LogP contribution in [0.1, 0.15) is 24.8 Å². The third-order valence-corrected chi connectivity index (χ3v) is 4.80. The van der Waals surface area contributed by atoms with Crippen LogP contribution in [0.2, 0.25) is 0 Å². The summed E-state index contributed by atoms with van der Waals surface area (Å²) in [7, 11) is 1.64. The van der Waals surface area contributed by atoms with Gasteiger partial charge in [-0.15, -0.1) is 11.3 Å². The highest BCUT2D eigenvalue weighted by molar-refractivity contribution is 7.14. The Labute approximate surface area is 151 Å². The lowest BCUT2D eigenvalue weighted by molar-refractivity contribution is -0.117. The van der Waals surface area contributed by atoms with Gasteiger partial charge in [-0.25, -0.2) is 4.98 Å². The highest BCUT2D eigenvalue weighted by Gasteiger charge is 2.20. The van der Waals surface area contributed by atoms with E-state index in [4.69, 9.17) is 4.74 Å². The number of aromatic nitrogens is 1. The molecular weight excluding hydrogens is 332 g/mol. The first-order chi connectivity index (χ1) is 12.2. The minimum absolute atomic E-state index is 0.0328. The average molecular weight is 352 g/mol. The van der Waals surface area contributed by atoms with Gasteiger partial charge in [0.05, 0.1) is 18.7 Å². The van der Waals surface area contributed by atoms with E-state index in [9.17, 15) is 4.79 Å². The number of methoxy groups -OCH3 is 1. The Balaban J connectivity index is 1.78. The molecular formula is C20H20N2O2S. The van der Waals surface area contributed by atoms with E-state index < -0.39 is 0 Å².